The first kappa shape index (κ1) is 23.7. The van der Waals surface area contributed by atoms with Gasteiger partial charge in [-0.05, 0) is 33.3 Å². The summed E-state index contributed by atoms with van der Waals surface area (Å²) in [5.41, 5.74) is 2.09. The molecule has 1 fully saturated rings. The molecular formula is C24H32N8O2. The molecule has 1 unspecified atom stereocenters. The maximum atomic E-state index is 12.8. The third-order valence-corrected chi connectivity index (χ3v) is 6.99. The number of nitrogens with zero attached hydrogens (tertiary/aromatic N) is 8. The van der Waals surface area contributed by atoms with E-state index >= 15 is 0 Å². The van der Waals surface area contributed by atoms with Crippen LogP contribution in [-0.2, 0) is 27.1 Å². The number of piperazine rings is 1. The van der Waals surface area contributed by atoms with Crippen molar-refractivity contribution in [3.05, 3.63) is 50.6 Å². The Morgan fingerprint density at radius 1 is 1.15 bits per heavy atom. The van der Waals surface area contributed by atoms with Crippen LogP contribution in [0.3, 0.4) is 0 Å². The Bertz CT molecular complexity index is 1380. The Balaban J connectivity index is 1.72. The van der Waals surface area contributed by atoms with Crippen molar-refractivity contribution >= 4 is 17.0 Å². The summed E-state index contributed by atoms with van der Waals surface area (Å²) < 4.78 is 5.05. The monoisotopic (exact) mass is 464 g/mol. The molecule has 4 heterocycles. The van der Waals surface area contributed by atoms with E-state index in [1.807, 2.05) is 23.8 Å². The first-order valence-electron chi connectivity index (χ1n) is 11.7. The molecule has 10 nitrogen and oxygen atoms in total. The lowest BCUT2D eigenvalue weighted by Crippen LogP contribution is -2.57. The fourth-order valence-electron chi connectivity index (χ4n) is 5.07. The van der Waals surface area contributed by atoms with E-state index in [9.17, 15) is 14.9 Å². The van der Waals surface area contributed by atoms with E-state index in [-0.39, 0.29) is 35.8 Å². The smallest absolute Gasteiger partial charge is 0.349 e. The van der Waals surface area contributed by atoms with Gasteiger partial charge in [-0.1, -0.05) is 6.07 Å². The van der Waals surface area contributed by atoms with Gasteiger partial charge in [0.05, 0.1) is 12.5 Å². The van der Waals surface area contributed by atoms with Gasteiger partial charge in [-0.3, -0.25) is 14.3 Å². The van der Waals surface area contributed by atoms with Crippen molar-refractivity contribution < 1.29 is 0 Å². The van der Waals surface area contributed by atoms with Crippen LogP contribution in [0.15, 0.2) is 27.9 Å². The number of aryl methyl sites for hydroxylation is 3. The number of pyridine rings is 1. The number of aromatic nitrogens is 5. The molecule has 0 spiro atoms. The number of rotatable bonds is 5. The molecule has 34 heavy (non-hydrogen) atoms. The first-order chi connectivity index (χ1) is 16.2. The number of imidazole rings is 1. The van der Waals surface area contributed by atoms with Gasteiger partial charge in [0.1, 0.15) is 17.0 Å². The molecule has 0 N–H and O–H groups in total. The molecule has 180 valence electrons. The van der Waals surface area contributed by atoms with Crippen molar-refractivity contribution in [3.8, 4) is 6.07 Å². The number of fused-ring (bicyclic) bond motifs is 1. The van der Waals surface area contributed by atoms with Crippen LogP contribution in [0.5, 0.6) is 0 Å². The lowest BCUT2D eigenvalue weighted by Gasteiger charge is -2.47. The van der Waals surface area contributed by atoms with Crippen molar-refractivity contribution in [2.24, 2.45) is 14.1 Å². The van der Waals surface area contributed by atoms with Gasteiger partial charge in [0.2, 0.25) is 5.56 Å². The van der Waals surface area contributed by atoms with E-state index in [0.29, 0.717) is 35.9 Å². The molecule has 3 aromatic rings. The van der Waals surface area contributed by atoms with Crippen molar-refractivity contribution in [1.29, 1.82) is 5.26 Å². The first-order valence-corrected chi connectivity index (χ1v) is 11.7. The number of anilines is 1. The van der Waals surface area contributed by atoms with Gasteiger partial charge in [0.15, 0.2) is 5.82 Å². The van der Waals surface area contributed by atoms with E-state index in [1.165, 1.54) is 4.57 Å². The van der Waals surface area contributed by atoms with Crippen LogP contribution in [0.4, 0.5) is 5.82 Å². The van der Waals surface area contributed by atoms with Crippen LogP contribution in [0.1, 0.15) is 45.1 Å². The SMILES string of the molecule is CCn1c(CC#N)nc2c(N3C[C@@H](C)N(C(C)c4ccc(=O)n(C)c4)C[C@@H]3C)nc(=O)n(C)c21. The minimum absolute atomic E-state index is 0.0229. The minimum Gasteiger partial charge on any atom is -0.349 e. The molecule has 0 amide bonds. The second-order valence-corrected chi connectivity index (χ2v) is 9.19. The summed E-state index contributed by atoms with van der Waals surface area (Å²) in [5, 5.41) is 9.27. The second-order valence-electron chi connectivity index (χ2n) is 9.19. The topological polar surface area (TPSA) is 105 Å². The lowest BCUT2D eigenvalue weighted by atomic mass is 10.0. The van der Waals surface area contributed by atoms with E-state index in [2.05, 4.69) is 41.6 Å². The Hall–Kier alpha value is -3.45. The lowest BCUT2D eigenvalue weighted by molar-refractivity contribution is 0.119. The van der Waals surface area contributed by atoms with Crippen molar-refractivity contribution in [3.63, 3.8) is 0 Å². The van der Waals surface area contributed by atoms with Crippen molar-refractivity contribution in [2.75, 3.05) is 18.0 Å². The zero-order valence-electron chi connectivity index (χ0n) is 20.7. The Labute approximate surface area is 198 Å². The highest BCUT2D eigenvalue weighted by molar-refractivity contribution is 5.84. The summed E-state index contributed by atoms with van der Waals surface area (Å²) in [6.07, 6.45) is 2.07. The molecule has 1 saturated heterocycles. The zero-order valence-corrected chi connectivity index (χ0v) is 20.7. The van der Waals surface area contributed by atoms with Gasteiger partial charge in [-0.25, -0.2) is 9.78 Å². The number of hydrogen-bond donors (Lipinski definition) is 0. The molecule has 1 aliphatic heterocycles. The molecule has 1 aliphatic rings. The highest BCUT2D eigenvalue weighted by Crippen LogP contribution is 2.31. The second kappa shape index (κ2) is 9.06. The number of hydrogen-bond acceptors (Lipinski definition) is 7. The van der Waals surface area contributed by atoms with Gasteiger partial charge in [-0.2, -0.15) is 10.2 Å². The van der Waals surface area contributed by atoms with Gasteiger partial charge in [-0.15, -0.1) is 0 Å². The van der Waals surface area contributed by atoms with E-state index in [1.54, 1.807) is 24.7 Å². The van der Waals surface area contributed by atoms with E-state index < -0.39 is 0 Å². The average Bonchev–Trinajstić information content (AvgIpc) is 3.17. The minimum atomic E-state index is -0.332. The predicted octanol–water partition coefficient (Wildman–Crippen LogP) is 1.57. The van der Waals surface area contributed by atoms with Crippen molar-refractivity contribution in [2.45, 2.75) is 58.8 Å². The Kier molecular flexibility index (Phi) is 6.32. The molecule has 0 bridgehead atoms. The quantitative estimate of drug-likeness (QED) is 0.564. The number of nitriles is 1. The average molecular weight is 465 g/mol. The molecule has 0 aliphatic carbocycles. The molecular weight excluding hydrogens is 432 g/mol. The summed E-state index contributed by atoms with van der Waals surface area (Å²) in [5.74, 6) is 1.23. The third kappa shape index (κ3) is 3.90. The largest absolute Gasteiger partial charge is 0.350 e. The van der Waals surface area contributed by atoms with Crippen LogP contribution in [0.25, 0.3) is 11.2 Å². The highest BCUT2D eigenvalue weighted by atomic mass is 16.1. The molecule has 0 radical (unpaired) electrons. The van der Waals surface area contributed by atoms with Crippen LogP contribution < -0.4 is 16.1 Å². The molecule has 3 atom stereocenters. The molecule has 4 rings (SSSR count). The fourth-order valence-corrected chi connectivity index (χ4v) is 5.07. The third-order valence-electron chi connectivity index (χ3n) is 6.99. The predicted molar refractivity (Wildman–Crippen MR) is 131 cm³/mol. The molecule has 0 saturated carbocycles. The Morgan fingerprint density at radius 3 is 2.53 bits per heavy atom. The van der Waals surface area contributed by atoms with Crippen LogP contribution >= 0.6 is 0 Å². The zero-order chi connectivity index (χ0) is 24.7. The maximum absolute atomic E-state index is 12.8. The molecule has 0 aromatic carbocycles. The van der Waals surface area contributed by atoms with E-state index in [0.717, 1.165) is 12.1 Å². The summed E-state index contributed by atoms with van der Waals surface area (Å²) in [6, 6.07) is 6.08. The summed E-state index contributed by atoms with van der Waals surface area (Å²) >= 11 is 0. The fraction of sp³-hybridized carbons (Fsp3) is 0.542. The maximum Gasteiger partial charge on any atom is 0.350 e. The normalized spacial score (nSPS) is 20.0. The van der Waals surface area contributed by atoms with Crippen molar-refractivity contribution in [1.82, 2.24) is 28.6 Å². The van der Waals surface area contributed by atoms with Gasteiger partial charge < -0.3 is 14.0 Å². The highest BCUT2D eigenvalue weighted by Gasteiger charge is 2.35. The Morgan fingerprint density at radius 2 is 1.88 bits per heavy atom. The van der Waals surface area contributed by atoms with Gasteiger partial charge in [0.25, 0.3) is 0 Å². The summed E-state index contributed by atoms with van der Waals surface area (Å²) in [4.78, 5) is 38.4. The van der Waals surface area contributed by atoms with Crippen LogP contribution in [0, 0.1) is 11.3 Å². The van der Waals surface area contributed by atoms with Crippen LogP contribution in [0.2, 0.25) is 0 Å². The summed E-state index contributed by atoms with van der Waals surface area (Å²) in [7, 11) is 3.47. The standard InChI is InChI=1S/C24H32N8O2/c1-7-30-19(10-11-25)26-21-22(27-24(34)29(6)23(21)30)32-13-15(2)31(12-16(32)3)17(4)18-8-9-20(33)28(5)14-18/h8-9,14-17H,7,10,12-13H2,1-6H3/t15-,16+,17?/m1/s1. The molecule has 3 aromatic heterocycles. The van der Waals surface area contributed by atoms with Gasteiger partial charge in [0, 0.05) is 64.1 Å². The summed E-state index contributed by atoms with van der Waals surface area (Å²) in [6.45, 7) is 10.5. The van der Waals surface area contributed by atoms with Crippen LogP contribution in [-0.4, -0.2) is 53.7 Å². The van der Waals surface area contributed by atoms with E-state index in [4.69, 9.17) is 4.98 Å². The molecule has 10 heteroatoms. The van der Waals surface area contributed by atoms with Gasteiger partial charge >= 0.3 is 5.69 Å².